The Morgan fingerprint density at radius 1 is 0.443 bits per heavy atom. The van der Waals surface area contributed by atoms with Crippen LogP contribution in [0.3, 0.4) is 0 Å². The third-order valence-corrected chi connectivity index (χ3v) is 16.9. The Morgan fingerprint density at radius 3 is 1.17 bits per heavy atom. The number of amides is 3. The van der Waals surface area contributed by atoms with Gasteiger partial charge in [-0.3, -0.25) is 29.3 Å². The van der Waals surface area contributed by atoms with Gasteiger partial charge in [0.2, 0.25) is 17.7 Å². The van der Waals surface area contributed by atoms with E-state index in [9.17, 15) is 53.9 Å². The van der Waals surface area contributed by atoms with Crippen LogP contribution >= 0.6 is 11.6 Å². The summed E-state index contributed by atoms with van der Waals surface area (Å²) in [5.74, 6) is 7.56. The van der Waals surface area contributed by atoms with E-state index in [1.807, 2.05) is 99.6 Å². The Kier molecular flexibility index (Phi) is 43.9. The molecule has 3 aliphatic carbocycles. The van der Waals surface area contributed by atoms with Crippen LogP contribution in [0.4, 0.5) is 39.5 Å². The van der Waals surface area contributed by atoms with E-state index < -0.39 is 74.1 Å². The molecule has 6 heterocycles. The SMILES string of the molecule is C.C.C.C#Cc1ccccc1C1(C(N)=O)CC1.Cc1ccc(Cc2ncc(C(F)(F)F)c(C#Cc3ccccc3C3(C(N)=O)CC3)n2)cn1.Cc1ccc(Cc2ncc(C(F)(F)F)c(CCc3ccccc3C3(C(N)=O)CC3)n2)cn1.Cc1ccc(Cc2ncc(C(F)(F)F)c(Cl)n2)cn1.[K][K].[K][K].[K][K]. The van der Waals surface area contributed by atoms with Gasteiger partial charge in [-0.25, -0.2) is 29.9 Å². The standard InChI is InChI=1S/C24H23F3N4O.C24H19F3N4O.C12H9ClF3N3.C12H11NO.3CH4.6K/c2*1-15-6-7-16(13-29-15)12-21-30-14-19(24(25,26)27)20(31-21)9-8-17-4-2-3-5-18(17)23(10-11-23)22(28)32;1-7-2-3-8(5-17-7)4-10-18-6-9(11(13)19-10)12(14,15)16;1-2-9-5-3-4-6-10(9)12(7-8-12)11(13)14;;;;;;;;;/h2-7,13-14H,8-12H2,1H3,(H2,28,32);2-7,13-14H,10-12H2,1H3,(H2,28,32);2-3,5-6H,4H2,1H3;1,3-6H,7-8H2,(H2,13,14);3*1H4;;;;;;. The van der Waals surface area contributed by atoms with Crippen LogP contribution in [-0.4, -0.2) is 252 Å². The summed E-state index contributed by atoms with van der Waals surface area (Å²) in [5.41, 5.74) is 20.6. The first-order valence-electron chi connectivity index (χ1n) is 33.3. The van der Waals surface area contributed by atoms with Crippen molar-refractivity contribution in [2.24, 2.45) is 17.2 Å². The normalized spacial score (nSPS) is 13.4. The quantitative estimate of drug-likeness (QED) is 0.0375. The molecule has 12 rings (SSSR count). The summed E-state index contributed by atoms with van der Waals surface area (Å²) < 4.78 is 119. The molecule has 106 heavy (non-hydrogen) atoms. The molecule has 0 unspecified atom stereocenters. The van der Waals surface area contributed by atoms with Crippen molar-refractivity contribution in [2.45, 2.75) is 148 Å². The zero-order valence-electron chi connectivity index (χ0n) is 58.5. The molecule has 3 fully saturated rings. The topological polar surface area (TPSA) is 245 Å². The van der Waals surface area contributed by atoms with Crippen LogP contribution in [0.2, 0.25) is 5.15 Å². The monoisotopic (exact) mass is 1630 g/mol. The van der Waals surface area contributed by atoms with E-state index in [1.165, 1.54) is 189 Å². The average molecular weight is 1630 g/mol. The van der Waals surface area contributed by atoms with Crippen molar-refractivity contribution >= 4 is 219 Å². The molecule has 9 aromatic rings. The van der Waals surface area contributed by atoms with Crippen LogP contribution in [0.5, 0.6) is 0 Å². The summed E-state index contributed by atoms with van der Waals surface area (Å²) >= 11 is 13.0. The molecule has 3 aliphatic rings. The summed E-state index contributed by atoms with van der Waals surface area (Å²) in [7, 11) is 0. The number of aromatic nitrogens is 9. The van der Waals surface area contributed by atoms with Crippen LogP contribution in [0.15, 0.2) is 146 Å². The van der Waals surface area contributed by atoms with E-state index in [2.05, 4.69) is 62.6 Å². The molecule has 0 saturated heterocycles. The van der Waals surface area contributed by atoms with E-state index in [0.29, 0.717) is 61.7 Å². The van der Waals surface area contributed by atoms with E-state index in [0.717, 1.165) is 81.3 Å². The second-order valence-corrected chi connectivity index (χ2v) is 24.0. The number of primary amides is 3. The molecular formula is C75H74ClF9K6N12O3. The number of aryl methyl sites for hydroxylation is 5. The number of nitrogens with zero attached hydrogens (tertiary/aromatic N) is 9. The van der Waals surface area contributed by atoms with E-state index in [1.54, 1.807) is 48.9 Å². The van der Waals surface area contributed by atoms with Crippen molar-refractivity contribution in [2.75, 3.05) is 0 Å². The van der Waals surface area contributed by atoms with Gasteiger partial charge in [0.05, 0.1) is 27.5 Å². The van der Waals surface area contributed by atoms with Crippen molar-refractivity contribution in [1.29, 1.82) is 0 Å². The van der Waals surface area contributed by atoms with E-state index in [-0.39, 0.29) is 64.8 Å². The molecule has 15 nitrogen and oxygen atoms in total. The number of carbonyl (C=O) groups excluding carboxylic acids is 3. The van der Waals surface area contributed by atoms with Crippen LogP contribution < -0.4 is 17.2 Å². The number of benzene rings is 3. The minimum atomic E-state index is -4.65. The van der Waals surface area contributed by atoms with Gasteiger partial charge in [-0.05, 0) is 147 Å². The van der Waals surface area contributed by atoms with Crippen LogP contribution in [-0.2, 0) is 81.3 Å². The van der Waals surface area contributed by atoms with Crippen molar-refractivity contribution in [1.82, 2.24) is 44.9 Å². The van der Waals surface area contributed by atoms with Gasteiger partial charge < -0.3 is 17.2 Å². The first-order chi connectivity index (χ1) is 48.9. The van der Waals surface area contributed by atoms with Gasteiger partial charge in [0, 0.05) is 84.7 Å². The van der Waals surface area contributed by atoms with Gasteiger partial charge in [0.1, 0.15) is 39.4 Å². The molecule has 3 amide bonds. The predicted octanol–water partition coefficient (Wildman–Crippen LogP) is 12.0. The average Bonchev–Trinajstić information content (AvgIpc) is 1.61. The fourth-order valence-electron chi connectivity index (χ4n) is 10.7. The van der Waals surface area contributed by atoms with Crippen LogP contribution in [0.25, 0.3) is 0 Å². The second kappa shape index (κ2) is 46.8. The summed E-state index contributed by atoms with van der Waals surface area (Å²) in [6.07, 6.45) is 4.22. The number of rotatable bonds is 15. The molecule has 6 aromatic heterocycles. The molecule has 3 aromatic carbocycles. The number of halogens is 10. The summed E-state index contributed by atoms with van der Waals surface area (Å²) in [4.78, 5) is 71.2. The number of hydrogen-bond donors (Lipinski definition) is 3. The van der Waals surface area contributed by atoms with Crippen molar-refractivity contribution < 1.29 is 53.9 Å². The third-order valence-electron chi connectivity index (χ3n) is 16.7. The molecule has 31 heteroatoms. The Hall–Kier alpha value is -0.642. The van der Waals surface area contributed by atoms with Gasteiger partial charge in [-0.15, -0.1) is 6.42 Å². The Balaban J connectivity index is 0.000000369. The third kappa shape index (κ3) is 28.7. The molecule has 6 N–H and O–H groups in total. The number of carbonyl (C=O) groups is 3. The fourth-order valence-corrected chi connectivity index (χ4v) is 11.0. The van der Waals surface area contributed by atoms with Crippen molar-refractivity contribution in [3.8, 4) is 24.2 Å². The van der Waals surface area contributed by atoms with E-state index in [4.69, 9.17) is 35.2 Å². The van der Waals surface area contributed by atoms with Gasteiger partial charge in [-0.2, -0.15) is 39.5 Å². The van der Waals surface area contributed by atoms with Gasteiger partial charge in [0.15, 0.2) is 0 Å². The Labute approximate surface area is 754 Å². The second-order valence-electron chi connectivity index (χ2n) is 23.6. The van der Waals surface area contributed by atoms with Gasteiger partial charge in [0.25, 0.3) is 0 Å². The molecule has 0 atom stereocenters. The summed E-state index contributed by atoms with van der Waals surface area (Å²) in [6, 6.07) is 32.6. The number of hydrogen-bond acceptors (Lipinski definition) is 12. The maximum atomic E-state index is 13.6. The molecule has 528 valence electrons. The first-order valence-corrected chi connectivity index (χ1v) is 81.7. The van der Waals surface area contributed by atoms with Crippen molar-refractivity contribution in [3.05, 3.63) is 264 Å². The summed E-state index contributed by atoms with van der Waals surface area (Å²) in [6.45, 7) is 5.54. The molecular weight excluding hydrogens is 1560 g/mol. The number of alkyl halides is 9. The van der Waals surface area contributed by atoms with Crippen LogP contribution in [0.1, 0.15) is 174 Å². The Bertz CT molecular complexity index is 4510. The molecule has 0 spiro atoms. The molecule has 3 saturated carbocycles. The first kappa shape index (κ1) is 99.6. The summed E-state index contributed by atoms with van der Waals surface area (Å²) in [5, 5.41) is -0.586. The Morgan fingerprint density at radius 2 is 0.792 bits per heavy atom. The van der Waals surface area contributed by atoms with Crippen molar-refractivity contribution in [3.63, 3.8) is 0 Å². The minimum absolute atomic E-state index is 0. The number of nitrogens with two attached hydrogens (primary N) is 3. The zero-order valence-corrected chi connectivity index (χ0v) is 78.0. The number of pyridine rings is 3. The zero-order chi connectivity index (χ0) is 76.1. The van der Waals surface area contributed by atoms with Gasteiger partial charge >= 0.3 is 208 Å². The molecule has 0 bridgehead atoms. The van der Waals surface area contributed by atoms with E-state index >= 15 is 0 Å². The molecule has 0 aliphatic heterocycles. The number of terminal acetylenes is 1. The van der Waals surface area contributed by atoms with Crippen LogP contribution in [0, 0.1) is 45.0 Å². The molecule has 0 radical (unpaired) electrons. The fraction of sp³-hybridized carbons (Fsp3) is 0.307. The predicted molar refractivity (Wildman–Crippen MR) is 397 cm³/mol. The maximum absolute atomic E-state index is 13.6. The van der Waals surface area contributed by atoms with Gasteiger partial charge in [-0.1, -0.05) is 125 Å².